The van der Waals surface area contributed by atoms with Gasteiger partial charge < -0.3 is 15.2 Å². The van der Waals surface area contributed by atoms with Gasteiger partial charge in [0.25, 0.3) is 5.56 Å². The molecule has 1 saturated heterocycles. The molecule has 2 aromatic carbocycles. The van der Waals surface area contributed by atoms with Crippen molar-refractivity contribution in [3.63, 3.8) is 0 Å². The third kappa shape index (κ3) is 4.45. The maximum absolute atomic E-state index is 12.5. The number of anilines is 1. The van der Waals surface area contributed by atoms with Crippen molar-refractivity contribution in [1.82, 2.24) is 25.1 Å². The van der Waals surface area contributed by atoms with Gasteiger partial charge in [0.2, 0.25) is 11.8 Å². The van der Waals surface area contributed by atoms with Crippen molar-refractivity contribution in [2.75, 3.05) is 11.4 Å². The number of hydrogen-bond acceptors (Lipinski definition) is 5. The summed E-state index contributed by atoms with van der Waals surface area (Å²) in [4.78, 5) is 45.8. The van der Waals surface area contributed by atoms with Gasteiger partial charge in [0.05, 0.1) is 11.9 Å². The molecule has 1 fully saturated rings. The van der Waals surface area contributed by atoms with E-state index >= 15 is 0 Å². The first-order valence-electron chi connectivity index (χ1n) is 11.3. The van der Waals surface area contributed by atoms with E-state index in [-0.39, 0.29) is 23.8 Å². The summed E-state index contributed by atoms with van der Waals surface area (Å²) in [7, 11) is 0. The van der Waals surface area contributed by atoms with Crippen molar-refractivity contribution in [2.24, 2.45) is 0 Å². The molecule has 0 bridgehead atoms. The van der Waals surface area contributed by atoms with Crippen LogP contribution >= 0.6 is 0 Å². The molecule has 2 N–H and O–H groups in total. The number of carbonyl (C=O) groups excluding carboxylic acids is 2. The Morgan fingerprint density at radius 3 is 2.56 bits per heavy atom. The fourth-order valence-electron chi connectivity index (χ4n) is 4.08. The van der Waals surface area contributed by atoms with Crippen LogP contribution in [0.15, 0.2) is 65.6 Å². The Kier molecular flexibility index (Phi) is 5.90. The standard InChI is InChI=1S/C25H24N6O3/c32-22(26-15-17-8-10-18(11-9-17)30-14-4-7-23(30)33)13-12-21-28-24-20(25(34)29-21)16-27-31(24)19-5-2-1-3-6-19/h1-3,5-6,8-11,16H,4,7,12-15H2,(H,26,32)(H,28,29,34). The SMILES string of the molecule is O=C(CCc1nc2c(cnn2-c2ccccc2)c(=O)[nH]1)NCc1ccc(N2CCCC2=O)cc1. The van der Waals surface area contributed by atoms with Gasteiger partial charge in [-0.25, -0.2) is 9.67 Å². The highest BCUT2D eigenvalue weighted by Crippen LogP contribution is 2.21. The van der Waals surface area contributed by atoms with E-state index in [9.17, 15) is 14.4 Å². The van der Waals surface area contributed by atoms with Crippen LogP contribution in [0, 0.1) is 0 Å². The van der Waals surface area contributed by atoms with E-state index in [1.807, 2.05) is 54.6 Å². The topological polar surface area (TPSA) is 113 Å². The van der Waals surface area contributed by atoms with Crippen molar-refractivity contribution >= 4 is 28.5 Å². The summed E-state index contributed by atoms with van der Waals surface area (Å²) in [5.41, 5.74) is 2.82. The number of rotatable bonds is 7. The van der Waals surface area contributed by atoms with Gasteiger partial charge in [0, 0.05) is 38.0 Å². The van der Waals surface area contributed by atoms with Gasteiger partial charge >= 0.3 is 0 Å². The lowest BCUT2D eigenvalue weighted by molar-refractivity contribution is -0.121. The number of amides is 2. The predicted molar refractivity (Wildman–Crippen MR) is 128 cm³/mol. The lowest BCUT2D eigenvalue weighted by Gasteiger charge is -2.16. The van der Waals surface area contributed by atoms with Gasteiger partial charge in [-0.2, -0.15) is 5.10 Å². The van der Waals surface area contributed by atoms with Crippen LogP contribution < -0.4 is 15.8 Å². The summed E-state index contributed by atoms with van der Waals surface area (Å²) in [5.74, 6) is 0.445. The van der Waals surface area contributed by atoms with Gasteiger partial charge in [-0.15, -0.1) is 0 Å². The summed E-state index contributed by atoms with van der Waals surface area (Å²) < 4.78 is 1.62. The zero-order chi connectivity index (χ0) is 23.5. The summed E-state index contributed by atoms with van der Waals surface area (Å²) in [6.07, 6.45) is 3.47. The Labute approximate surface area is 195 Å². The van der Waals surface area contributed by atoms with Crippen molar-refractivity contribution in [3.05, 3.63) is 82.5 Å². The molecule has 2 aromatic heterocycles. The summed E-state index contributed by atoms with van der Waals surface area (Å²) in [6, 6.07) is 17.1. The molecule has 9 nitrogen and oxygen atoms in total. The van der Waals surface area contributed by atoms with E-state index in [4.69, 9.17) is 0 Å². The zero-order valence-electron chi connectivity index (χ0n) is 18.5. The first-order valence-corrected chi connectivity index (χ1v) is 11.3. The number of fused-ring (bicyclic) bond motifs is 1. The summed E-state index contributed by atoms with van der Waals surface area (Å²) in [5, 5.41) is 7.59. The lowest BCUT2D eigenvalue weighted by Crippen LogP contribution is -2.25. The molecular weight excluding hydrogens is 432 g/mol. The monoisotopic (exact) mass is 456 g/mol. The van der Waals surface area contributed by atoms with Crippen LogP contribution in [0.2, 0.25) is 0 Å². The van der Waals surface area contributed by atoms with Crippen molar-refractivity contribution in [2.45, 2.75) is 32.2 Å². The second-order valence-electron chi connectivity index (χ2n) is 8.23. The van der Waals surface area contributed by atoms with Crippen molar-refractivity contribution in [3.8, 4) is 5.69 Å². The van der Waals surface area contributed by atoms with Crippen LogP contribution in [0.25, 0.3) is 16.7 Å². The van der Waals surface area contributed by atoms with E-state index in [1.165, 1.54) is 6.20 Å². The first-order chi connectivity index (χ1) is 16.6. The van der Waals surface area contributed by atoms with Crippen LogP contribution in [-0.2, 0) is 22.6 Å². The molecule has 34 heavy (non-hydrogen) atoms. The van der Waals surface area contributed by atoms with Gasteiger partial charge in [-0.1, -0.05) is 30.3 Å². The molecule has 0 radical (unpaired) electrons. The number of aromatic amines is 1. The molecule has 5 rings (SSSR count). The molecular formula is C25H24N6O3. The Morgan fingerprint density at radius 2 is 1.82 bits per heavy atom. The number of nitrogens with one attached hydrogen (secondary N) is 2. The highest BCUT2D eigenvalue weighted by Gasteiger charge is 2.21. The number of aromatic nitrogens is 4. The number of benzene rings is 2. The Bertz CT molecular complexity index is 1390. The molecule has 172 valence electrons. The Morgan fingerprint density at radius 1 is 1.03 bits per heavy atom. The van der Waals surface area contributed by atoms with E-state index in [1.54, 1.807) is 9.58 Å². The van der Waals surface area contributed by atoms with Gasteiger partial charge in [-0.05, 0) is 36.2 Å². The molecule has 0 spiro atoms. The molecule has 4 aromatic rings. The number of para-hydroxylation sites is 1. The van der Waals surface area contributed by atoms with Crippen LogP contribution in [0.4, 0.5) is 5.69 Å². The molecule has 0 saturated carbocycles. The van der Waals surface area contributed by atoms with Crippen LogP contribution in [0.1, 0.15) is 30.7 Å². The Hall–Kier alpha value is -4.27. The number of nitrogens with zero attached hydrogens (tertiary/aromatic N) is 4. The van der Waals surface area contributed by atoms with E-state index in [2.05, 4.69) is 20.4 Å². The quantitative estimate of drug-likeness (QED) is 0.444. The van der Waals surface area contributed by atoms with Crippen LogP contribution in [0.3, 0.4) is 0 Å². The van der Waals surface area contributed by atoms with Crippen molar-refractivity contribution < 1.29 is 9.59 Å². The molecule has 0 atom stereocenters. The number of hydrogen-bond donors (Lipinski definition) is 2. The third-order valence-electron chi connectivity index (χ3n) is 5.89. The minimum Gasteiger partial charge on any atom is -0.352 e. The summed E-state index contributed by atoms with van der Waals surface area (Å²) in [6.45, 7) is 1.14. The first kappa shape index (κ1) is 21.6. The number of H-pyrrole nitrogens is 1. The number of carbonyl (C=O) groups is 2. The second kappa shape index (κ2) is 9.30. The van der Waals surface area contributed by atoms with E-state index < -0.39 is 0 Å². The molecule has 0 unspecified atom stereocenters. The number of aryl methyl sites for hydroxylation is 1. The largest absolute Gasteiger partial charge is 0.352 e. The molecule has 9 heteroatoms. The molecule has 0 aliphatic carbocycles. The smallest absolute Gasteiger partial charge is 0.262 e. The third-order valence-corrected chi connectivity index (χ3v) is 5.89. The van der Waals surface area contributed by atoms with E-state index in [0.717, 1.165) is 29.9 Å². The highest BCUT2D eigenvalue weighted by molar-refractivity contribution is 5.95. The zero-order valence-corrected chi connectivity index (χ0v) is 18.5. The van der Waals surface area contributed by atoms with E-state index in [0.29, 0.717) is 36.2 Å². The second-order valence-corrected chi connectivity index (χ2v) is 8.23. The van der Waals surface area contributed by atoms with Gasteiger partial charge in [0.15, 0.2) is 5.65 Å². The average molecular weight is 457 g/mol. The minimum absolute atomic E-state index is 0.141. The Balaban J connectivity index is 1.20. The van der Waals surface area contributed by atoms with Crippen molar-refractivity contribution in [1.29, 1.82) is 0 Å². The van der Waals surface area contributed by atoms with Gasteiger partial charge in [0.1, 0.15) is 11.2 Å². The minimum atomic E-state index is -0.279. The fraction of sp³-hybridized carbons (Fsp3) is 0.240. The molecule has 3 heterocycles. The predicted octanol–water partition coefficient (Wildman–Crippen LogP) is 2.48. The lowest BCUT2D eigenvalue weighted by atomic mass is 10.2. The maximum atomic E-state index is 12.5. The molecule has 1 aliphatic rings. The average Bonchev–Trinajstić information content (AvgIpc) is 3.49. The normalized spacial score (nSPS) is 13.5. The van der Waals surface area contributed by atoms with Crippen LogP contribution in [-0.4, -0.2) is 38.1 Å². The maximum Gasteiger partial charge on any atom is 0.262 e. The molecule has 2 amide bonds. The highest BCUT2D eigenvalue weighted by atomic mass is 16.2. The van der Waals surface area contributed by atoms with Gasteiger partial charge in [-0.3, -0.25) is 14.4 Å². The molecule has 1 aliphatic heterocycles. The van der Waals surface area contributed by atoms with Crippen LogP contribution in [0.5, 0.6) is 0 Å². The fourth-order valence-corrected chi connectivity index (χ4v) is 4.08. The summed E-state index contributed by atoms with van der Waals surface area (Å²) >= 11 is 0.